The summed E-state index contributed by atoms with van der Waals surface area (Å²) in [6, 6.07) is 27.9. The molecular formula is C33H30CaN4O2+2. The van der Waals surface area contributed by atoms with Gasteiger partial charge in [-0.15, -0.1) is 0 Å². The molecule has 6 aromatic rings. The fourth-order valence-corrected chi connectivity index (χ4v) is 5.46. The molecule has 0 aliphatic rings. The molecule has 0 spiro atoms. The first-order chi connectivity index (χ1) is 18.9. The molecule has 6 nitrogen and oxygen atoms in total. The maximum Gasteiger partial charge on any atom is 2.00 e. The number of rotatable bonds is 7. The average molecular weight is 555 g/mol. The molecule has 2 heterocycles. The van der Waals surface area contributed by atoms with Gasteiger partial charge in [-0.1, -0.05) is 61.5 Å². The summed E-state index contributed by atoms with van der Waals surface area (Å²) in [5.74, 6) is 1.08. The normalized spacial score (nSPS) is 11.2. The van der Waals surface area contributed by atoms with E-state index in [1.165, 1.54) is 0 Å². The first-order valence-electron chi connectivity index (χ1n) is 13.3. The largest absolute Gasteiger partial charge is 2.00 e. The minimum atomic E-state index is -0.921. The molecule has 0 atom stereocenters. The van der Waals surface area contributed by atoms with Gasteiger partial charge in [-0.3, -0.25) is 0 Å². The number of aryl methyl sites for hydroxylation is 3. The zero-order valence-corrected chi connectivity index (χ0v) is 25.3. The molecule has 0 bridgehead atoms. The molecule has 1 N–H and O–H groups in total. The number of hydrogen-bond acceptors (Lipinski definition) is 3. The fourth-order valence-electron chi connectivity index (χ4n) is 5.46. The molecule has 0 saturated heterocycles. The summed E-state index contributed by atoms with van der Waals surface area (Å²) in [5.41, 5.74) is 9.46. The topological polar surface area (TPSA) is 72.9 Å². The molecule has 0 radical (unpaired) electrons. The number of aromatic carboxylic acids is 1. The third-order valence-corrected chi connectivity index (χ3v) is 7.41. The second-order valence-electron chi connectivity index (χ2n) is 10.1. The maximum atomic E-state index is 11.7. The van der Waals surface area contributed by atoms with Crippen molar-refractivity contribution >= 4 is 65.8 Å². The van der Waals surface area contributed by atoms with Crippen LogP contribution in [0.2, 0.25) is 0 Å². The van der Waals surface area contributed by atoms with E-state index in [2.05, 4.69) is 60.4 Å². The quantitative estimate of drug-likeness (QED) is 0.218. The second-order valence-corrected chi connectivity index (χ2v) is 10.1. The summed E-state index contributed by atoms with van der Waals surface area (Å²) in [6.07, 6.45) is 1.89. The van der Waals surface area contributed by atoms with E-state index < -0.39 is 5.97 Å². The number of carboxylic acid groups (broad SMARTS) is 1. The average Bonchev–Trinajstić information content (AvgIpc) is 3.47. The molecule has 0 fully saturated rings. The number of para-hydroxylation sites is 2. The van der Waals surface area contributed by atoms with E-state index in [1.54, 1.807) is 12.1 Å². The number of benzene rings is 4. The van der Waals surface area contributed by atoms with Crippen molar-refractivity contribution in [1.29, 1.82) is 0 Å². The summed E-state index contributed by atoms with van der Waals surface area (Å²) < 4.78 is 4.47. The summed E-state index contributed by atoms with van der Waals surface area (Å²) in [5, 5.41) is 9.60. The van der Waals surface area contributed by atoms with Crippen LogP contribution in [0.15, 0.2) is 84.9 Å². The Balaban J connectivity index is 0.00000323. The van der Waals surface area contributed by atoms with Crippen LogP contribution in [0.1, 0.15) is 40.7 Å². The van der Waals surface area contributed by atoms with Crippen LogP contribution in [0.25, 0.3) is 44.6 Å². The molecule has 0 saturated carbocycles. The van der Waals surface area contributed by atoms with Gasteiger partial charge in [-0.05, 0) is 65.9 Å². The van der Waals surface area contributed by atoms with Crippen LogP contribution >= 0.6 is 0 Å². The summed E-state index contributed by atoms with van der Waals surface area (Å²) in [4.78, 5) is 21.7. The third-order valence-electron chi connectivity index (χ3n) is 7.41. The number of imidazole rings is 2. The Bertz CT molecular complexity index is 1850. The molecule has 40 heavy (non-hydrogen) atoms. The van der Waals surface area contributed by atoms with Crippen LogP contribution in [0.4, 0.5) is 0 Å². The molecule has 194 valence electrons. The smallest absolute Gasteiger partial charge is 0.478 e. The Hall–Kier alpha value is -3.45. The molecule has 0 amide bonds. The van der Waals surface area contributed by atoms with Gasteiger partial charge < -0.3 is 14.2 Å². The Kier molecular flexibility index (Phi) is 8.13. The van der Waals surface area contributed by atoms with E-state index in [9.17, 15) is 9.90 Å². The second kappa shape index (κ2) is 11.6. The van der Waals surface area contributed by atoms with Crippen molar-refractivity contribution in [3.8, 4) is 22.5 Å². The molecule has 0 aliphatic heterocycles. The standard InChI is InChI=1S/C33H30N4O2.Ca/c1-4-9-30-35-31-21(2)18-24(32-34-27-12-7-8-13-28(27)36(32)3)19-29(31)37(30)20-22-14-16-23(17-15-22)25-10-5-6-11-26(25)33(38)39;/h5-8,10-19H,4,9,20H2,1-3H3,(H,38,39);/q;+2. The molecular weight excluding hydrogens is 524 g/mol. The van der Waals surface area contributed by atoms with E-state index in [0.29, 0.717) is 12.1 Å². The Labute approximate surface area is 263 Å². The monoisotopic (exact) mass is 554 g/mol. The summed E-state index contributed by atoms with van der Waals surface area (Å²) in [7, 11) is 2.06. The number of nitrogens with zero attached hydrogens (tertiary/aromatic N) is 4. The number of aromatic nitrogens is 4. The number of hydrogen-bond donors (Lipinski definition) is 1. The molecule has 4 aromatic carbocycles. The van der Waals surface area contributed by atoms with Gasteiger partial charge in [0.25, 0.3) is 0 Å². The van der Waals surface area contributed by atoms with Gasteiger partial charge in [0.05, 0.1) is 27.6 Å². The SMILES string of the molecule is CCCc1nc2c(C)cc(-c3nc4ccccc4n3C)cc2n1Cc1ccc(-c2ccccc2C(=O)O)cc1.[Ca+2]. The van der Waals surface area contributed by atoms with Crippen molar-refractivity contribution in [1.82, 2.24) is 19.1 Å². The Morgan fingerprint density at radius 2 is 1.60 bits per heavy atom. The molecule has 7 heteroatoms. The van der Waals surface area contributed by atoms with Crippen molar-refractivity contribution in [2.24, 2.45) is 7.05 Å². The van der Waals surface area contributed by atoms with Gasteiger partial charge in [-0.2, -0.15) is 0 Å². The van der Waals surface area contributed by atoms with Crippen LogP contribution in [-0.4, -0.2) is 67.9 Å². The predicted molar refractivity (Wildman–Crippen MR) is 162 cm³/mol. The van der Waals surface area contributed by atoms with Crippen molar-refractivity contribution in [3.05, 3.63) is 107 Å². The van der Waals surface area contributed by atoms with Gasteiger partial charge in [0, 0.05) is 25.6 Å². The fraction of sp³-hybridized carbons (Fsp3) is 0.182. The third kappa shape index (κ3) is 5.07. The zero-order chi connectivity index (χ0) is 27.1. The Morgan fingerprint density at radius 3 is 2.33 bits per heavy atom. The molecule has 0 unspecified atom stereocenters. The number of carboxylic acids is 1. The van der Waals surface area contributed by atoms with Crippen LogP contribution < -0.4 is 0 Å². The van der Waals surface area contributed by atoms with Crippen LogP contribution in [0, 0.1) is 6.92 Å². The van der Waals surface area contributed by atoms with Crippen molar-refractivity contribution < 1.29 is 9.90 Å². The van der Waals surface area contributed by atoms with Gasteiger partial charge in [0.1, 0.15) is 11.6 Å². The molecule has 6 rings (SSSR count). The van der Waals surface area contributed by atoms with Crippen LogP contribution in [0.3, 0.4) is 0 Å². The van der Waals surface area contributed by atoms with E-state index >= 15 is 0 Å². The minimum Gasteiger partial charge on any atom is -0.478 e. The maximum absolute atomic E-state index is 11.7. The Morgan fingerprint density at radius 1 is 0.875 bits per heavy atom. The number of fused-ring (bicyclic) bond motifs is 2. The first-order valence-corrected chi connectivity index (χ1v) is 13.3. The van der Waals surface area contributed by atoms with Gasteiger partial charge in [0.15, 0.2) is 0 Å². The summed E-state index contributed by atoms with van der Waals surface area (Å²) in [6.45, 7) is 4.98. The minimum absolute atomic E-state index is 0. The van der Waals surface area contributed by atoms with Crippen molar-refractivity contribution in [3.63, 3.8) is 0 Å². The van der Waals surface area contributed by atoms with Gasteiger partial charge in [-0.25, -0.2) is 14.8 Å². The summed E-state index contributed by atoms with van der Waals surface area (Å²) >= 11 is 0. The molecule has 0 aliphatic carbocycles. The van der Waals surface area contributed by atoms with Gasteiger partial charge >= 0.3 is 43.7 Å². The predicted octanol–water partition coefficient (Wildman–Crippen LogP) is 6.88. The zero-order valence-electron chi connectivity index (χ0n) is 23.1. The van der Waals surface area contributed by atoms with Gasteiger partial charge in [0.2, 0.25) is 0 Å². The van der Waals surface area contributed by atoms with E-state index in [4.69, 9.17) is 9.97 Å². The molecule has 2 aromatic heterocycles. The first kappa shape index (κ1) is 28.1. The van der Waals surface area contributed by atoms with Crippen LogP contribution in [-0.2, 0) is 20.0 Å². The van der Waals surface area contributed by atoms with Crippen molar-refractivity contribution in [2.45, 2.75) is 33.2 Å². The van der Waals surface area contributed by atoms with E-state index in [1.807, 2.05) is 42.5 Å². The van der Waals surface area contributed by atoms with E-state index in [-0.39, 0.29) is 37.7 Å². The van der Waals surface area contributed by atoms with Crippen molar-refractivity contribution in [2.75, 3.05) is 0 Å². The number of carbonyl (C=O) groups is 1. The van der Waals surface area contributed by atoms with Crippen LogP contribution in [0.5, 0.6) is 0 Å². The van der Waals surface area contributed by atoms with E-state index in [0.717, 1.165) is 74.4 Å².